The molecule has 17 heavy (non-hydrogen) atoms. The van der Waals surface area contributed by atoms with Gasteiger partial charge in [0.25, 0.3) is 5.08 Å². The molecule has 0 aliphatic heterocycles. The third-order valence-electron chi connectivity index (χ3n) is 1.85. The topological polar surface area (TPSA) is 150 Å². The van der Waals surface area contributed by atoms with Crippen LogP contribution < -0.4 is 5.73 Å². The van der Waals surface area contributed by atoms with Crippen LogP contribution >= 0.6 is 15.2 Å². The minimum atomic E-state index is -5.36. The smallest absolute Gasteiger partial charge is 0.366 e. The van der Waals surface area contributed by atoms with E-state index in [0.717, 1.165) is 6.92 Å². The van der Waals surface area contributed by atoms with Gasteiger partial charge in [-0.1, -0.05) is 0 Å². The maximum Gasteiger partial charge on any atom is 0.374 e. The Morgan fingerprint density at radius 1 is 1.18 bits per heavy atom. The predicted octanol–water partition coefficient (Wildman–Crippen LogP) is 0.158. The molecule has 104 valence electrons. The molecular formula is C7H19NO7P2. The lowest BCUT2D eigenvalue weighted by atomic mass is 10.2. The van der Waals surface area contributed by atoms with Crippen LogP contribution in [0.3, 0.4) is 0 Å². The fourth-order valence-electron chi connectivity index (χ4n) is 1.13. The van der Waals surface area contributed by atoms with Gasteiger partial charge in [0, 0.05) is 0 Å². The molecule has 0 spiro atoms. The van der Waals surface area contributed by atoms with Crippen molar-refractivity contribution < 1.29 is 33.4 Å². The third kappa shape index (κ3) is 3.59. The Morgan fingerprint density at radius 3 is 1.71 bits per heavy atom. The van der Waals surface area contributed by atoms with Crippen molar-refractivity contribution in [3.8, 4) is 0 Å². The molecule has 0 aromatic carbocycles. The van der Waals surface area contributed by atoms with Gasteiger partial charge in [0.1, 0.15) is 0 Å². The number of nitrogens with two attached hydrogens (primary N) is 1. The molecule has 0 radical (unpaired) electrons. The van der Waals surface area contributed by atoms with E-state index in [1.54, 1.807) is 0 Å². The van der Waals surface area contributed by atoms with Crippen molar-refractivity contribution in [3.63, 3.8) is 0 Å². The second-order valence-electron chi connectivity index (χ2n) is 4.74. The third-order valence-corrected chi connectivity index (χ3v) is 6.69. The maximum absolute atomic E-state index is 11.9. The van der Waals surface area contributed by atoms with Crippen LogP contribution in [0.4, 0.5) is 0 Å². The second-order valence-corrected chi connectivity index (χ2v) is 8.77. The summed E-state index contributed by atoms with van der Waals surface area (Å²) in [7, 11) is -10.4. The Kier molecular flexibility index (Phi) is 4.78. The molecular weight excluding hydrogens is 272 g/mol. The monoisotopic (exact) mass is 291 g/mol. The van der Waals surface area contributed by atoms with Gasteiger partial charge in [0.15, 0.2) is 0 Å². The van der Waals surface area contributed by atoms with E-state index in [9.17, 15) is 19.1 Å². The van der Waals surface area contributed by atoms with Gasteiger partial charge in [0.2, 0.25) is 0 Å². The second kappa shape index (κ2) is 4.72. The van der Waals surface area contributed by atoms with Gasteiger partial charge in [-0.2, -0.15) is 0 Å². The zero-order chi connectivity index (χ0) is 14.3. The summed E-state index contributed by atoms with van der Waals surface area (Å²) in [6.45, 7) is 5.21. The SMILES string of the molecule is CC(N)C(O)(P(=O)(O)O)P(=O)(O)OC(C)(C)C. The van der Waals surface area contributed by atoms with Crippen LogP contribution in [-0.2, 0) is 13.7 Å². The number of hydrogen-bond donors (Lipinski definition) is 5. The molecule has 3 unspecified atom stereocenters. The van der Waals surface area contributed by atoms with Crippen molar-refractivity contribution in [3.05, 3.63) is 0 Å². The molecule has 0 aromatic heterocycles. The summed E-state index contributed by atoms with van der Waals surface area (Å²) in [5.74, 6) is 0. The van der Waals surface area contributed by atoms with Crippen LogP contribution in [0.25, 0.3) is 0 Å². The Bertz CT molecular complexity index is 371. The van der Waals surface area contributed by atoms with E-state index < -0.39 is 31.9 Å². The summed E-state index contributed by atoms with van der Waals surface area (Å²) in [5, 5.41) is 6.46. The first-order valence-corrected chi connectivity index (χ1v) is 7.91. The van der Waals surface area contributed by atoms with Crippen LogP contribution in [0.5, 0.6) is 0 Å². The van der Waals surface area contributed by atoms with Crippen molar-refractivity contribution in [2.75, 3.05) is 0 Å². The molecule has 6 N–H and O–H groups in total. The first kappa shape index (κ1) is 17.2. The first-order chi connectivity index (χ1) is 7.15. The molecule has 0 saturated heterocycles. The standard InChI is InChI=1S/C7H19NO7P2/c1-5(8)7(9,16(10,11)12)17(13,14)15-6(2,3)4/h5,9H,8H2,1-4H3,(H,13,14)(H2,10,11,12). The van der Waals surface area contributed by atoms with Gasteiger partial charge >= 0.3 is 15.2 Å². The minimum absolute atomic E-state index is 1.01. The number of hydrogen-bond acceptors (Lipinski definition) is 5. The van der Waals surface area contributed by atoms with Gasteiger partial charge in [-0.05, 0) is 27.7 Å². The quantitative estimate of drug-likeness (QED) is 0.459. The Morgan fingerprint density at radius 2 is 1.53 bits per heavy atom. The Hall–Kier alpha value is 0.220. The van der Waals surface area contributed by atoms with Gasteiger partial charge < -0.3 is 30.0 Å². The highest BCUT2D eigenvalue weighted by atomic mass is 31.2. The van der Waals surface area contributed by atoms with Crippen molar-refractivity contribution in [1.29, 1.82) is 0 Å². The van der Waals surface area contributed by atoms with E-state index in [0.29, 0.717) is 0 Å². The molecule has 10 heteroatoms. The largest absolute Gasteiger partial charge is 0.374 e. The van der Waals surface area contributed by atoms with Gasteiger partial charge in [-0.25, -0.2) is 0 Å². The van der Waals surface area contributed by atoms with E-state index in [1.807, 2.05) is 0 Å². The summed E-state index contributed by atoms with van der Waals surface area (Å²) < 4.78 is 27.7. The molecule has 0 aliphatic carbocycles. The number of rotatable bonds is 4. The lowest BCUT2D eigenvalue weighted by Crippen LogP contribution is -2.46. The summed E-state index contributed by atoms with van der Waals surface area (Å²) in [6, 6.07) is -1.65. The van der Waals surface area contributed by atoms with Gasteiger partial charge in [-0.15, -0.1) is 0 Å². The molecule has 0 rings (SSSR count). The number of aliphatic hydroxyl groups is 1. The van der Waals surface area contributed by atoms with Crippen LogP contribution in [0.1, 0.15) is 27.7 Å². The van der Waals surface area contributed by atoms with Crippen molar-refractivity contribution in [2.45, 2.75) is 44.4 Å². The Balaban J connectivity index is 5.67. The summed E-state index contributed by atoms with van der Waals surface area (Å²) >= 11 is 0. The molecule has 0 amide bonds. The van der Waals surface area contributed by atoms with Crippen LogP contribution in [0.2, 0.25) is 0 Å². The van der Waals surface area contributed by atoms with E-state index in [-0.39, 0.29) is 0 Å². The van der Waals surface area contributed by atoms with E-state index >= 15 is 0 Å². The molecule has 0 fully saturated rings. The summed E-state index contributed by atoms with van der Waals surface area (Å²) in [4.78, 5) is 27.6. The molecule has 0 heterocycles. The Labute approximate surface area is 99.5 Å². The zero-order valence-electron chi connectivity index (χ0n) is 10.1. The summed E-state index contributed by atoms with van der Waals surface area (Å²) in [5.41, 5.74) is 4.03. The molecule has 3 atom stereocenters. The fourth-order valence-corrected chi connectivity index (χ4v) is 4.49. The molecule has 0 saturated carbocycles. The lowest BCUT2D eigenvalue weighted by molar-refractivity contribution is 0.0558. The molecule has 0 aromatic rings. The maximum atomic E-state index is 11.9. The zero-order valence-corrected chi connectivity index (χ0v) is 11.9. The lowest BCUT2D eigenvalue weighted by Gasteiger charge is -2.37. The summed E-state index contributed by atoms with van der Waals surface area (Å²) in [6.07, 6.45) is 0. The average molecular weight is 291 g/mol. The highest BCUT2D eigenvalue weighted by molar-refractivity contribution is 7.72. The van der Waals surface area contributed by atoms with Crippen LogP contribution in [-0.4, -0.2) is 36.5 Å². The van der Waals surface area contributed by atoms with Gasteiger partial charge in [0.05, 0.1) is 11.6 Å². The highest BCUT2D eigenvalue weighted by Gasteiger charge is 2.64. The first-order valence-electron chi connectivity index (χ1n) is 4.72. The van der Waals surface area contributed by atoms with Crippen molar-refractivity contribution in [1.82, 2.24) is 0 Å². The average Bonchev–Trinajstić information content (AvgIpc) is 1.94. The minimum Gasteiger partial charge on any atom is -0.366 e. The molecule has 0 bridgehead atoms. The van der Waals surface area contributed by atoms with E-state index in [2.05, 4.69) is 4.52 Å². The normalized spacial score (nSPS) is 22.6. The fraction of sp³-hybridized carbons (Fsp3) is 1.00. The van der Waals surface area contributed by atoms with Crippen molar-refractivity contribution in [2.24, 2.45) is 5.73 Å². The van der Waals surface area contributed by atoms with Crippen molar-refractivity contribution >= 4 is 15.2 Å². The molecule has 8 nitrogen and oxygen atoms in total. The van der Waals surface area contributed by atoms with Crippen LogP contribution in [0.15, 0.2) is 0 Å². The molecule has 0 aliphatic rings. The predicted molar refractivity (Wildman–Crippen MR) is 61.3 cm³/mol. The van der Waals surface area contributed by atoms with Crippen LogP contribution in [0, 0.1) is 0 Å². The van der Waals surface area contributed by atoms with Gasteiger partial charge in [-0.3, -0.25) is 9.13 Å². The van der Waals surface area contributed by atoms with E-state index in [1.165, 1.54) is 20.8 Å². The highest BCUT2D eigenvalue weighted by Crippen LogP contribution is 2.71. The van der Waals surface area contributed by atoms with E-state index in [4.69, 9.17) is 15.5 Å².